The van der Waals surface area contributed by atoms with Crippen molar-refractivity contribution >= 4 is 35.0 Å². The lowest BCUT2D eigenvalue weighted by molar-refractivity contribution is -0.137. The molecular weight excluding hydrogens is 523 g/mol. The van der Waals surface area contributed by atoms with Crippen molar-refractivity contribution in [2.24, 2.45) is 0 Å². The molecule has 202 valence electrons. The summed E-state index contributed by atoms with van der Waals surface area (Å²) < 4.78 is 38.9. The average Bonchev–Trinajstić information content (AvgIpc) is 2.90. The SMILES string of the molecule is CSc1cnc(Nc2ccc(C(=O)Nc3cc(CN(C)C)ccc3C)cc2)nc1-c1ccc(C(F)(F)F)cc1. The molecule has 0 saturated heterocycles. The Morgan fingerprint density at radius 1 is 1.00 bits per heavy atom. The summed E-state index contributed by atoms with van der Waals surface area (Å²) in [5, 5.41) is 6.09. The van der Waals surface area contributed by atoms with Gasteiger partial charge >= 0.3 is 6.18 Å². The maximum atomic E-state index is 13.0. The smallest absolute Gasteiger partial charge is 0.324 e. The highest BCUT2D eigenvalue weighted by Crippen LogP contribution is 2.33. The van der Waals surface area contributed by atoms with Crippen molar-refractivity contribution in [1.29, 1.82) is 0 Å². The van der Waals surface area contributed by atoms with Gasteiger partial charge in [0.2, 0.25) is 5.95 Å². The number of thioether (sulfide) groups is 1. The van der Waals surface area contributed by atoms with E-state index in [1.807, 2.05) is 45.5 Å². The van der Waals surface area contributed by atoms with Gasteiger partial charge in [-0.15, -0.1) is 11.8 Å². The fraction of sp³-hybridized carbons (Fsp3) is 0.207. The highest BCUT2D eigenvalue weighted by molar-refractivity contribution is 7.98. The normalized spacial score (nSPS) is 11.5. The Hall–Kier alpha value is -3.89. The second-order valence-electron chi connectivity index (χ2n) is 9.23. The average molecular weight is 552 g/mol. The van der Waals surface area contributed by atoms with Crippen LogP contribution in [-0.4, -0.2) is 41.1 Å². The monoisotopic (exact) mass is 551 g/mol. The van der Waals surface area contributed by atoms with Crippen molar-refractivity contribution < 1.29 is 18.0 Å². The van der Waals surface area contributed by atoms with E-state index in [0.717, 1.165) is 40.4 Å². The Morgan fingerprint density at radius 2 is 1.69 bits per heavy atom. The molecule has 0 fully saturated rings. The third-order valence-corrected chi connectivity index (χ3v) is 6.65. The second kappa shape index (κ2) is 11.9. The van der Waals surface area contributed by atoms with Crippen molar-refractivity contribution in [3.8, 4) is 11.3 Å². The zero-order valence-electron chi connectivity index (χ0n) is 21.9. The third kappa shape index (κ3) is 7.15. The van der Waals surface area contributed by atoms with Gasteiger partial charge in [0.15, 0.2) is 0 Å². The summed E-state index contributed by atoms with van der Waals surface area (Å²) in [7, 11) is 3.98. The molecule has 0 aliphatic carbocycles. The minimum Gasteiger partial charge on any atom is -0.324 e. The maximum absolute atomic E-state index is 13.0. The number of alkyl halides is 3. The van der Waals surface area contributed by atoms with Crippen LogP contribution in [0, 0.1) is 6.92 Å². The van der Waals surface area contributed by atoms with Gasteiger partial charge in [0.1, 0.15) is 0 Å². The molecule has 1 amide bonds. The molecule has 1 aromatic heterocycles. The van der Waals surface area contributed by atoms with Crippen molar-refractivity contribution in [3.63, 3.8) is 0 Å². The molecule has 0 aliphatic heterocycles. The Kier molecular flexibility index (Phi) is 8.57. The second-order valence-corrected chi connectivity index (χ2v) is 10.1. The van der Waals surface area contributed by atoms with Crippen molar-refractivity contribution in [1.82, 2.24) is 14.9 Å². The number of anilines is 3. The number of nitrogens with zero attached hydrogens (tertiary/aromatic N) is 3. The topological polar surface area (TPSA) is 70.2 Å². The van der Waals surface area contributed by atoms with Gasteiger partial charge in [0.05, 0.1) is 16.2 Å². The number of carbonyl (C=O) groups is 1. The van der Waals surface area contributed by atoms with Gasteiger partial charge in [0, 0.05) is 35.2 Å². The molecule has 0 spiro atoms. The first-order valence-electron chi connectivity index (χ1n) is 12.0. The molecule has 39 heavy (non-hydrogen) atoms. The number of amides is 1. The van der Waals surface area contributed by atoms with E-state index >= 15 is 0 Å². The minimum absolute atomic E-state index is 0.225. The molecule has 10 heteroatoms. The van der Waals surface area contributed by atoms with E-state index in [2.05, 4.69) is 25.5 Å². The Bertz CT molecular complexity index is 1460. The summed E-state index contributed by atoms with van der Waals surface area (Å²) in [6, 6.07) is 17.8. The lowest BCUT2D eigenvalue weighted by Crippen LogP contribution is -2.14. The van der Waals surface area contributed by atoms with Gasteiger partial charge in [-0.05, 0) is 80.9 Å². The molecule has 0 bridgehead atoms. The molecule has 0 saturated carbocycles. The number of aromatic nitrogens is 2. The molecule has 2 N–H and O–H groups in total. The van der Waals surface area contributed by atoms with E-state index in [1.54, 1.807) is 30.5 Å². The first kappa shape index (κ1) is 28.1. The lowest BCUT2D eigenvalue weighted by Gasteiger charge is -2.14. The molecule has 6 nitrogen and oxygen atoms in total. The summed E-state index contributed by atoms with van der Waals surface area (Å²) in [5.74, 6) is 0.0602. The predicted molar refractivity (Wildman–Crippen MR) is 150 cm³/mol. The number of rotatable bonds is 8. The van der Waals surface area contributed by atoms with Crippen LogP contribution in [-0.2, 0) is 12.7 Å². The molecule has 1 heterocycles. The first-order valence-corrected chi connectivity index (χ1v) is 13.3. The standard InChI is InChI=1S/C29H28F3N5OS/c1-18-5-6-19(17-37(2)3)15-24(18)35-27(38)21-9-13-23(14-10-21)34-28-33-16-25(39-4)26(36-28)20-7-11-22(12-8-20)29(30,31)32/h5-16H,17H2,1-4H3,(H,35,38)(H,33,34,36). The Balaban J connectivity index is 1.49. The zero-order valence-corrected chi connectivity index (χ0v) is 22.7. The van der Waals surface area contributed by atoms with Crippen LogP contribution in [0.1, 0.15) is 27.0 Å². The van der Waals surface area contributed by atoms with Gasteiger partial charge in [-0.25, -0.2) is 9.97 Å². The van der Waals surface area contributed by atoms with Crippen LogP contribution >= 0.6 is 11.8 Å². The van der Waals surface area contributed by atoms with Gasteiger partial charge in [-0.2, -0.15) is 13.2 Å². The highest BCUT2D eigenvalue weighted by Gasteiger charge is 2.30. The summed E-state index contributed by atoms with van der Waals surface area (Å²) in [6.45, 7) is 2.72. The molecule has 0 radical (unpaired) electrons. The number of halogens is 3. The molecule has 0 aliphatic rings. The number of carbonyl (C=O) groups excluding carboxylic acids is 1. The first-order chi connectivity index (χ1) is 18.5. The van der Waals surface area contributed by atoms with Gasteiger partial charge in [0.25, 0.3) is 5.91 Å². The van der Waals surface area contributed by atoms with E-state index in [-0.39, 0.29) is 11.9 Å². The Morgan fingerprint density at radius 3 is 2.31 bits per heavy atom. The van der Waals surface area contributed by atoms with Gasteiger partial charge < -0.3 is 15.5 Å². The quantitative estimate of drug-likeness (QED) is 0.225. The number of benzene rings is 3. The molecule has 3 aromatic carbocycles. The summed E-state index contributed by atoms with van der Waals surface area (Å²) in [6.07, 6.45) is -0.929. The summed E-state index contributed by atoms with van der Waals surface area (Å²) >= 11 is 1.40. The molecule has 4 aromatic rings. The maximum Gasteiger partial charge on any atom is 0.416 e. The third-order valence-electron chi connectivity index (χ3n) is 5.91. The van der Waals surface area contributed by atoms with E-state index in [0.29, 0.717) is 22.5 Å². The largest absolute Gasteiger partial charge is 0.416 e. The van der Waals surface area contributed by atoms with Gasteiger partial charge in [-0.3, -0.25) is 4.79 Å². The number of aryl methyl sites for hydroxylation is 1. The van der Waals surface area contributed by atoms with Crippen LogP contribution in [0.2, 0.25) is 0 Å². The number of hydrogen-bond acceptors (Lipinski definition) is 6. The van der Waals surface area contributed by atoms with E-state index in [9.17, 15) is 18.0 Å². The van der Waals surface area contributed by atoms with Crippen LogP contribution in [0.4, 0.5) is 30.5 Å². The van der Waals surface area contributed by atoms with Gasteiger partial charge in [-0.1, -0.05) is 24.3 Å². The number of nitrogens with one attached hydrogen (secondary N) is 2. The minimum atomic E-state index is -4.41. The molecular formula is C29H28F3N5OS. The van der Waals surface area contributed by atoms with E-state index < -0.39 is 11.7 Å². The predicted octanol–water partition coefficient (Wildman–Crippen LogP) is 7.25. The van der Waals surface area contributed by atoms with Crippen LogP contribution in [0.25, 0.3) is 11.3 Å². The fourth-order valence-corrected chi connectivity index (χ4v) is 4.42. The fourth-order valence-electron chi connectivity index (χ4n) is 3.90. The summed E-state index contributed by atoms with van der Waals surface area (Å²) in [4.78, 5) is 24.6. The van der Waals surface area contributed by atoms with Crippen molar-refractivity contribution in [3.05, 3.63) is 95.2 Å². The molecule has 0 atom stereocenters. The molecule has 0 unspecified atom stereocenters. The van der Waals surface area contributed by atoms with E-state index in [4.69, 9.17) is 0 Å². The van der Waals surface area contributed by atoms with Crippen LogP contribution in [0.15, 0.2) is 77.8 Å². The Labute approximate surface area is 229 Å². The van der Waals surface area contributed by atoms with Crippen LogP contribution in [0.5, 0.6) is 0 Å². The van der Waals surface area contributed by atoms with Crippen LogP contribution < -0.4 is 10.6 Å². The highest BCUT2D eigenvalue weighted by atomic mass is 32.2. The van der Waals surface area contributed by atoms with E-state index in [1.165, 1.54) is 23.9 Å². The molecule has 4 rings (SSSR count). The van der Waals surface area contributed by atoms with Crippen LogP contribution in [0.3, 0.4) is 0 Å². The number of hydrogen-bond donors (Lipinski definition) is 2. The lowest BCUT2D eigenvalue weighted by atomic mass is 10.1. The van der Waals surface area contributed by atoms with Crippen molar-refractivity contribution in [2.75, 3.05) is 31.0 Å². The summed E-state index contributed by atoms with van der Waals surface area (Å²) in [5.41, 5.74) is 4.34. The zero-order chi connectivity index (χ0) is 28.2. The van der Waals surface area contributed by atoms with Crippen molar-refractivity contribution in [2.45, 2.75) is 24.5 Å².